The van der Waals surface area contributed by atoms with E-state index < -0.39 is 29.1 Å². The van der Waals surface area contributed by atoms with Gasteiger partial charge in [-0.2, -0.15) is 0 Å². The van der Waals surface area contributed by atoms with Crippen LogP contribution < -0.4 is 5.32 Å². The SMILES string of the molecule is CC(C)(C)OC(=O)CCCCCCCCCCCCC(=O)C[C@@H](CCC(=O)NCCOCCOCCOCCOCCOCCOCCOCCOCCOCCOCCOCCOCCOCCOCCOCCOCCOCCOCCOCCOCCOCCOCCOCCOCCOCCOCCOCCOCCOCCOCCOCCOCCOCCOCCOCCOCCC(=O)O)C(=O)OC(C)(C)C. The van der Waals surface area contributed by atoms with E-state index in [0.717, 1.165) is 57.8 Å². The minimum atomic E-state index is -0.883. The van der Waals surface area contributed by atoms with Crippen molar-refractivity contribution in [1.29, 1.82) is 0 Å². The summed E-state index contributed by atoms with van der Waals surface area (Å²) in [4.78, 5) is 60.9. The zero-order chi connectivity index (χ0) is 107. The van der Waals surface area contributed by atoms with Crippen molar-refractivity contribution < 1.29 is 209 Å². The van der Waals surface area contributed by atoms with Gasteiger partial charge in [-0.05, 0) is 60.8 Å². The number of hydrogen-bond donors (Lipinski definition) is 2. The van der Waals surface area contributed by atoms with E-state index >= 15 is 0 Å². The van der Waals surface area contributed by atoms with Gasteiger partial charge in [0.2, 0.25) is 5.91 Å². The molecular weight excluding hydrogens is 1960 g/mol. The highest BCUT2D eigenvalue weighted by Gasteiger charge is 2.28. The van der Waals surface area contributed by atoms with Crippen LogP contribution in [-0.2, 0) is 204 Å². The van der Waals surface area contributed by atoms with Crippen LogP contribution >= 0.6 is 0 Å². The number of carbonyl (C=O) groups excluding carboxylic acids is 4. The summed E-state index contributed by atoms with van der Waals surface area (Å²) in [6.07, 6.45) is 11.7. The molecule has 0 radical (unpaired) electrons. The number of nitrogens with one attached hydrogen (secondary N) is 1. The van der Waals surface area contributed by atoms with Gasteiger partial charge in [-0.1, -0.05) is 51.4 Å². The van der Waals surface area contributed by atoms with Crippen molar-refractivity contribution >= 4 is 29.6 Å². The third kappa shape index (κ3) is 129. The minimum Gasteiger partial charge on any atom is -0.481 e. The van der Waals surface area contributed by atoms with E-state index in [-0.39, 0.29) is 49.9 Å². The molecule has 0 aliphatic heterocycles. The van der Waals surface area contributed by atoms with E-state index in [1.807, 2.05) is 20.8 Å². The number of carboxylic acid groups (broad SMARTS) is 1. The van der Waals surface area contributed by atoms with Crippen molar-refractivity contribution in [3.63, 3.8) is 0 Å². The molecule has 0 aromatic carbocycles. The molecule has 0 bridgehead atoms. The maximum atomic E-state index is 13.0. The number of rotatable bonds is 130. The van der Waals surface area contributed by atoms with E-state index in [2.05, 4.69) is 5.32 Å². The molecule has 1 atom stereocenters. The van der Waals surface area contributed by atoms with Crippen LogP contribution in [0.5, 0.6) is 0 Å². The molecule has 148 heavy (non-hydrogen) atoms. The molecule has 0 aliphatic carbocycles. The number of aliphatic carboxylic acids is 1. The van der Waals surface area contributed by atoms with Crippen molar-refractivity contribution in [3.05, 3.63) is 0 Å². The van der Waals surface area contributed by atoms with Crippen LogP contribution in [0.1, 0.15) is 144 Å². The first-order valence-electron chi connectivity index (χ1n) is 53.8. The molecule has 45 heteroatoms. The molecule has 0 saturated carbocycles. The quantitative estimate of drug-likeness (QED) is 0.0462. The fourth-order valence-electron chi connectivity index (χ4n) is 12.1. The van der Waals surface area contributed by atoms with E-state index in [1.54, 1.807) is 20.8 Å². The molecule has 0 heterocycles. The van der Waals surface area contributed by atoms with Gasteiger partial charge >= 0.3 is 17.9 Å². The normalized spacial score (nSPS) is 12.1. The number of esters is 2. The molecule has 0 spiro atoms. The lowest BCUT2D eigenvalue weighted by atomic mass is 9.94. The van der Waals surface area contributed by atoms with E-state index in [0.29, 0.717) is 488 Å². The lowest BCUT2D eigenvalue weighted by molar-refractivity contribution is -0.161. The molecule has 0 unspecified atom stereocenters. The number of ketones is 1. The summed E-state index contributed by atoms with van der Waals surface area (Å²) < 4.78 is 210. The summed E-state index contributed by atoms with van der Waals surface area (Å²) in [7, 11) is 0. The van der Waals surface area contributed by atoms with Crippen molar-refractivity contribution in [2.75, 3.05) is 482 Å². The molecule has 880 valence electrons. The third-order valence-corrected chi connectivity index (χ3v) is 19.5. The van der Waals surface area contributed by atoms with Gasteiger partial charge in [0.1, 0.15) is 17.0 Å². The fourth-order valence-corrected chi connectivity index (χ4v) is 12.1. The third-order valence-electron chi connectivity index (χ3n) is 19.5. The van der Waals surface area contributed by atoms with Gasteiger partial charge in [0.05, 0.1) is 488 Å². The summed E-state index contributed by atoms with van der Waals surface area (Å²) in [6, 6.07) is 0. The second-order valence-electron chi connectivity index (χ2n) is 34.7. The topological polar surface area (TPSA) is 468 Å². The predicted octanol–water partition coefficient (Wildman–Crippen LogP) is 6.90. The van der Waals surface area contributed by atoms with Crippen LogP contribution in [0.4, 0.5) is 0 Å². The first-order valence-corrected chi connectivity index (χ1v) is 53.8. The Balaban J connectivity index is 3.26. The van der Waals surface area contributed by atoms with Gasteiger partial charge < -0.3 is 190 Å². The van der Waals surface area contributed by atoms with Crippen molar-refractivity contribution in [2.24, 2.45) is 5.92 Å². The van der Waals surface area contributed by atoms with Gasteiger partial charge in [0.25, 0.3) is 0 Å². The molecule has 0 fully saturated rings. The lowest BCUT2D eigenvalue weighted by Gasteiger charge is -2.23. The number of carboxylic acids is 1. The summed E-state index contributed by atoms with van der Waals surface area (Å²) in [6.45, 7) is 43.8. The zero-order valence-electron chi connectivity index (χ0n) is 91.5. The predicted molar refractivity (Wildman–Crippen MR) is 544 cm³/mol. The molecule has 1 amide bonds. The molecule has 0 aromatic rings. The highest BCUT2D eigenvalue weighted by molar-refractivity contribution is 5.85. The van der Waals surface area contributed by atoms with Crippen LogP contribution in [0.3, 0.4) is 0 Å². The molecule has 0 aliphatic rings. The number of amides is 1. The zero-order valence-corrected chi connectivity index (χ0v) is 91.5. The fraction of sp³-hybridized carbons (Fsp3) is 0.951. The van der Waals surface area contributed by atoms with Crippen LogP contribution in [0.2, 0.25) is 0 Å². The van der Waals surface area contributed by atoms with Crippen molar-refractivity contribution in [1.82, 2.24) is 5.32 Å². The number of ether oxygens (including phenoxy) is 38. The average molecular weight is 2160 g/mol. The summed E-state index contributed by atoms with van der Waals surface area (Å²) in [5.41, 5.74) is -1.14. The maximum Gasteiger partial charge on any atom is 0.309 e. The van der Waals surface area contributed by atoms with E-state index in [1.165, 1.54) is 6.42 Å². The van der Waals surface area contributed by atoms with Gasteiger partial charge in [-0.25, -0.2) is 0 Å². The summed E-state index contributed by atoms with van der Waals surface area (Å²) in [5.74, 6) is -2.33. The van der Waals surface area contributed by atoms with Crippen LogP contribution in [0, 0.1) is 5.92 Å². The Morgan fingerprint density at radius 3 is 0.514 bits per heavy atom. The number of unbranched alkanes of at least 4 members (excludes halogenated alkanes) is 9. The Labute approximate surface area is 883 Å². The Hall–Kier alpha value is -3.89. The lowest BCUT2D eigenvalue weighted by Crippen LogP contribution is -2.32. The standard InChI is InChI=1S/C103H199NO44/c1-102(2,3)147-100(109)18-16-14-12-10-8-7-9-11-13-15-17-97(105)95-96(101(110)148-103(4,5)6)19-20-98(106)104-22-24-112-26-28-114-30-32-116-34-36-118-38-40-120-42-44-122-46-48-124-50-52-126-54-56-128-58-60-130-62-64-132-66-68-134-70-72-136-74-76-138-78-80-140-82-84-142-86-88-144-90-92-146-94-93-145-91-89-143-87-85-141-83-81-139-79-77-137-75-73-135-71-69-133-67-65-131-63-61-129-59-57-127-55-53-125-51-49-123-47-45-121-43-41-119-39-37-117-35-33-115-31-29-113-27-25-111-23-21-99(107)108/h96H,7-95H2,1-6H3,(H,104,106)(H,107,108)/t96-/m1/s1. The smallest absolute Gasteiger partial charge is 0.309 e. The highest BCUT2D eigenvalue weighted by atomic mass is 16.6. The van der Waals surface area contributed by atoms with Crippen molar-refractivity contribution in [2.45, 2.75) is 155 Å². The van der Waals surface area contributed by atoms with E-state index in [9.17, 15) is 24.0 Å². The van der Waals surface area contributed by atoms with Crippen molar-refractivity contribution in [3.8, 4) is 0 Å². The Bertz CT molecular complexity index is 2630. The van der Waals surface area contributed by atoms with Crippen LogP contribution in [-0.4, -0.2) is 528 Å². The van der Waals surface area contributed by atoms with Gasteiger partial charge in [0.15, 0.2) is 0 Å². The molecule has 0 rings (SSSR count). The monoisotopic (exact) mass is 2150 g/mol. The molecule has 2 N–H and O–H groups in total. The second kappa shape index (κ2) is 122. The largest absolute Gasteiger partial charge is 0.481 e. The number of Topliss-reactive ketones (excluding diaryl/α,β-unsaturated/α-hetero) is 1. The van der Waals surface area contributed by atoms with Crippen LogP contribution in [0.15, 0.2) is 0 Å². The maximum absolute atomic E-state index is 13.0. The van der Waals surface area contributed by atoms with Gasteiger partial charge in [0, 0.05) is 32.2 Å². The summed E-state index contributed by atoms with van der Waals surface area (Å²) in [5, 5.41) is 11.4. The summed E-state index contributed by atoms with van der Waals surface area (Å²) >= 11 is 0. The first kappa shape index (κ1) is 144. The minimum absolute atomic E-state index is 0.0143. The first-order chi connectivity index (χ1) is 72.6. The number of hydrogen-bond acceptors (Lipinski definition) is 43. The molecule has 45 nitrogen and oxygen atoms in total. The molecule has 0 aromatic heterocycles. The molecule has 0 saturated heterocycles. The van der Waals surface area contributed by atoms with E-state index in [4.69, 9.17) is 185 Å². The van der Waals surface area contributed by atoms with Gasteiger partial charge in [-0.3, -0.25) is 24.0 Å². The Kier molecular flexibility index (Phi) is 118. The Morgan fingerprint density at radius 1 is 0.189 bits per heavy atom. The highest BCUT2D eigenvalue weighted by Crippen LogP contribution is 2.22. The average Bonchev–Trinajstić information content (AvgIpc) is 0.885. The van der Waals surface area contributed by atoms with Gasteiger partial charge in [-0.15, -0.1) is 0 Å². The second-order valence-corrected chi connectivity index (χ2v) is 34.7. The number of carbonyl (C=O) groups is 5. The molecular formula is C103H199NO44. The Morgan fingerprint density at radius 2 is 0.345 bits per heavy atom. The van der Waals surface area contributed by atoms with Crippen LogP contribution in [0.25, 0.3) is 0 Å².